The predicted molar refractivity (Wildman–Crippen MR) is 104 cm³/mol. The van der Waals surface area contributed by atoms with Crippen LogP contribution in [0.1, 0.15) is 11.3 Å². The van der Waals surface area contributed by atoms with Gasteiger partial charge >= 0.3 is 0 Å². The maximum atomic E-state index is 13.1. The number of fused-ring (bicyclic) bond motifs is 1. The van der Waals surface area contributed by atoms with Crippen molar-refractivity contribution in [2.75, 3.05) is 26.2 Å². The van der Waals surface area contributed by atoms with Crippen LogP contribution in [0.2, 0.25) is 0 Å². The highest BCUT2D eigenvalue weighted by Gasteiger charge is 2.28. The van der Waals surface area contributed by atoms with Gasteiger partial charge in [0.2, 0.25) is 10.0 Å². The molecule has 7 nitrogen and oxygen atoms in total. The molecule has 3 heterocycles. The van der Waals surface area contributed by atoms with Gasteiger partial charge in [-0.3, -0.25) is 9.58 Å². The molecular weight excluding hydrogens is 381 g/mol. The summed E-state index contributed by atoms with van der Waals surface area (Å²) in [6.07, 6.45) is 1.85. The van der Waals surface area contributed by atoms with E-state index in [0.29, 0.717) is 32.7 Å². The first-order chi connectivity index (χ1) is 13.3. The lowest BCUT2D eigenvalue weighted by Gasteiger charge is -2.33. The van der Waals surface area contributed by atoms with Gasteiger partial charge in [-0.05, 0) is 42.8 Å². The summed E-state index contributed by atoms with van der Waals surface area (Å²) in [5.41, 5.74) is 2.89. The summed E-state index contributed by atoms with van der Waals surface area (Å²) in [5, 5.41) is 5.43. The second kappa shape index (κ2) is 7.23. The first-order valence-corrected chi connectivity index (χ1v) is 10.5. The molecule has 1 aliphatic rings. The summed E-state index contributed by atoms with van der Waals surface area (Å²) < 4.78 is 41.7. The quantitative estimate of drug-likeness (QED) is 0.666. The normalized spacial score (nSPS) is 16.7. The third-order valence-corrected chi connectivity index (χ3v) is 7.02. The zero-order chi connectivity index (χ0) is 19.9. The molecule has 148 valence electrons. The van der Waals surface area contributed by atoms with Gasteiger partial charge in [0, 0.05) is 51.4 Å². The van der Waals surface area contributed by atoms with Crippen molar-refractivity contribution in [3.05, 3.63) is 53.6 Å². The van der Waals surface area contributed by atoms with E-state index in [0.717, 1.165) is 22.3 Å². The number of rotatable bonds is 4. The van der Waals surface area contributed by atoms with Gasteiger partial charge in [0.05, 0.1) is 10.6 Å². The Hall–Kier alpha value is -2.36. The average Bonchev–Trinajstić information content (AvgIpc) is 2.96. The monoisotopic (exact) mass is 403 g/mol. The van der Waals surface area contributed by atoms with Crippen molar-refractivity contribution >= 4 is 21.1 Å². The highest BCUT2D eigenvalue weighted by molar-refractivity contribution is 7.89. The van der Waals surface area contributed by atoms with E-state index >= 15 is 0 Å². The summed E-state index contributed by atoms with van der Waals surface area (Å²) in [6.45, 7) is 4.74. The Morgan fingerprint density at radius 1 is 1.11 bits per heavy atom. The molecule has 4 rings (SSSR count). The van der Waals surface area contributed by atoms with Crippen LogP contribution >= 0.6 is 0 Å². The summed E-state index contributed by atoms with van der Waals surface area (Å²) >= 11 is 0. The van der Waals surface area contributed by atoms with Crippen molar-refractivity contribution < 1.29 is 12.8 Å². The van der Waals surface area contributed by atoms with Crippen LogP contribution in [0, 0.1) is 12.7 Å². The smallest absolute Gasteiger partial charge is 0.243 e. The third kappa shape index (κ3) is 3.52. The first kappa shape index (κ1) is 19.0. The van der Waals surface area contributed by atoms with E-state index < -0.39 is 15.8 Å². The number of benzene rings is 1. The van der Waals surface area contributed by atoms with Crippen LogP contribution in [0.5, 0.6) is 0 Å². The van der Waals surface area contributed by atoms with Crippen molar-refractivity contribution in [1.29, 1.82) is 0 Å². The van der Waals surface area contributed by atoms with Crippen LogP contribution in [-0.2, 0) is 23.6 Å². The number of hydrogen-bond donors (Lipinski definition) is 0. The molecular formula is C19H22FN5O2S. The molecule has 0 spiro atoms. The van der Waals surface area contributed by atoms with Crippen molar-refractivity contribution in [3.63, 3.8) is 0 Å². The Bertz CT molecular complexity index is 1100. The van der Waals surface area contributed by atoms with E-state index in [1.807, 2.05) is 20.2 Å². The molecule has 0 bridgehead atoms. The fourth-order valence-electron chi connectivity index (χ4n) is 3.58. The summed E-state index contributed by atoms with van der Waals surface area (Å²) in [7, 11) is -1.71. The standard InChI is InChI=1S/C19H22FN5O2S/c1-14-18-11-15(12-21-19(18)23(2)22-14)13-24-7-9-25(10-8-24)28(26,27)17-5-3-16(20)4-6-17/h3-6,11-12H,7-10,13H2,1-2H3. The van der Waals surface area contributed by atoms with Crippen molar-refractivity contribution in [2.45, 2.75) is 18.4 Å². The van der Waals surface area contributed by atoms with Crippen LogP contribution in [-0.4, -0.2) is 58.6 Å². The molecule has 0 aliphatic carbocycles. The Kier molecular flexibility index (Phi) is 4.90. The molecule has 1 saturated heterocycles. The number of hydrogen-bond acceptors (Lipinski definition) is 5. The Morgan fingerprint density at radius 2 is 1.79 bits per heavy atom. The zero-order valence-electron chi connectivity index (χ0n) is 15.8. The van der Waals surface area contributed by atoms with E-state index in [-0.39, 0.29) is 4.90 Å². The lowest BCUT2D eigenvalue weighted by atomic mass is 10.2. The van der Waals surface area contributed by atoms with E-state index in [1.165, 1.54) is 28.6 Å². The highest BCUT2D eigenvalue weighted by atomic mass is 32.2. The SMILES string of the molecule is Cc1nn(C)c2ncc(CN3CCN(S(=O)(=O)c4ccc(F)cc4)CC3)cc12. The van der Waals surface area contributed by atoms with Crippen LogP contribution in [0.15, 0.2) is 41.4 Å². The predicted octanol–water partition coefficient (Wildman–Crippen LogP) is 1.92. The molecule has 0 saturated carbocycles. The van der Waals surface area contributed by atoms with Crippen LogP contribution in [0.4, 0.5) is 4.39 Å². The molecule has 0 amide bonds. The topological polar surface area (TPSA) is 71.3 Å². The van der Waals surface area contributed by atoms with Crippen LogP contribution in [0.3, 0.4) is 0 Å². The molecule has 3 aromatic rings. The molecule has 0 radical (unpaired) electrons. The van der Waals surface area contributed by atoms with E-state index in [2.05, 4.69) is 21.0 Å². The number of pyridine rings is 1. The van der Waals surface area contributed by atoms with Gasteiger partial charge < -0.3 is 0 Å². The molecule has 28 heavy (non-hydrogen) atoms. The Morgan fingerprint density at radius 3 is 2.46 bits per heavy atom. The van der Waals surface area contributed by atoms with Crippen LogP contribution in [0.25, 0.3) is 11.0 Å². The lowest BCUT2D eigenvalue weighted by molar-refractivity contribution is 0.181. The summed E-state index contributed by atoms with van der Waals surface area (Å²) in [5.74, 6) is -0.446. The number of nitrogens with zero attached hydrogens (tertiary/aromatic N) is 5. The van der Waals surface area contributed by atoms with Gasteiger partial charge in [0.25, 0.3) is 0 Å². The molecule has 9 heteroatoms. The summed E-state index contributed by atoms with van der Waals surface area (Å²) in [4.78, 5) is 6.85. The number of aryl methyl sites for hydroxylation is 2. The molecule has 2 aromatic heterocycles. The van der Waals surface area contributed by atoms with Gasteiger partial charge in [-0.1, -0.05) is 0 Å². The fourth-order valence-corrected chi connectivity index (χ4v) is 5.00. The van der Waals surface area contributed by atoms with E-state index in [1.54, 1.807) is 4.68 Å². The molecule has 0 unspecified atom stereocenters. The van der Waals surface area contributed by atoms with Gasteiger partial charge in [-0.2, -0.15) is 9.40 Å². The summed E-state index contributed by atoms with van der Waals surface area (Å²) in [6, 6.07) is 7.08. The number of halogens is 1. The maximum Gasteiger partial charge on any atom is 0.243 e. The minimum absolute atomic E-state index is 0.129. The van der Waals surface area contributed by atoms with Crippen molar-refractivity contribution in [3.8, 4) is 0 Å². The lowest BCUT2D eigenvalue weighted by Crippen LogP contribution is -2.48. The Labute approximate surface area is 163 Å². The minimum Gasteiger partial charge on any atom is -0.296 e. The fraction of sp³-hybridized carbons (Fsp3) is 0.368. The minimum atomic E-state index is -3.59. The second-order valence-corrected chi connectivity index (χ2v) is 9.00. The number of aromatic nitrogens is 3. The number of piperazine rings is 1. The van der Waals surface area contributed by atoms with Gasteiger partial charge in [0.15, 0.2) is 5.65 Å². The molecule has 0 atom stereocenters. The molecule has 1 aliphatic heterocycles. The highest BCUT2D eigenvalue weighted by Crippen LogP contribution is 2.20. The Balaban J connectivity index is 1.43. The molecule has 1 aromatic carbocycles. The van der Waals surface area contributed by atoms with E-state index in [4.69, 9.17) is 0 Å². The van der Waals surface area contributed by atoms with Gasteiger partial charge in [-0.15, -0.1) is 0 Å². The zero-order valence-corrected chi connectivity index (χ0v) is 16.7. The van der Waals surface area contributed by atoms with Gasteiger partial charge in [-0.25, -0.2) is 17.8 Å². The first-order valence-electron chi connectivity index (χ1n) is 9.11. The van der Waals surface area contributed by atoms with Gasteiger partial charge in [0.1, 0.15) is 5.82 Å². The molecule has 1 fully saturated rings. The average molecular weight is 403 g/mol. The number of sulfonamides is 1. The van der Waals surface area contributed by atoms with Crippen molar-refractivity contribution in [2.24, 2.45) is 7.05 Å². The van der Waals surface area contributed by atoms with Crippen molar-refractivity contribution in [1.82, 2.24) is 24.0 Å². The van der Waals surface area contributed by atoms with E-state index in [9.17, 15) is 12.8 Å². The van der Waals surface area contributed by atoms with Crippen LogP contribution < -0.4 is 0 Å². The molecule has 0 N–H and O–H groups in total. The maximum absolute atomic E-state index is 13.1. The largest absolute Gasteiger partial charge is 0.296 e. The third-order valence-electron chi connectivity index (χ3n) is 5.11. The second-order valence-electron chi connectivity index (χ2n) is 7.06.